The third kappa shape index (κ3) is 3.01. The van der Waals surface area contributed by atoms with Crippen LogP contribution >= 0.6 is 12.6 Å². The average molecular weight is 235 g/mol. The molecule has 16 heavy (non-hydrogen) atoms. The Morgan fingerprint density at radius 2 is 2.12 bits per heavy atom. The fourth-order valence-electron chi connectivity index (χ4n) is 1.73. The van der Waals surface area contributed by atoms with Gasteiger partial charge in [-0.15, -0.1) is 0 Å². The van der Waals surface area contributed by atoms with Gasteiger partial charge in [0.05, 0.1) is 5.25 Å². The van der Waals surface area contributed by atoms with Crippen LogP contribution in [0.4, 0.5) is 0 Å². The van der Waals surface area contributed by atoms with Crippen LogP contribution in [0, 0.1) is 5.92 Å². The third-order valence-electron chi connectivity index (χ3n) is 3.01. The van der Waals surface area contributed by atoms with Gasteiger partial charge in [-0.2, -0.15) is 12.6 Å². The van der Waals surface area contributed by atoms with Crippen LogP contribution in [-0.4, -0.2) is 17.2 Å². The van der Waals surface area contributed by atoms with Crippen LogP contribution in [0.2, 0.25) is 0 Å². The van der Waals surface area contributed by atoms with Crippen molar-refractivity contribution in [3.63, 3.8) is 0 Å². The van der Waals surface area contributed by atoms with Gasteiger partial charge in [0.1, 0.15) is 0 Å². The lowest BCUT2D eigenvalue weighted by molar-refractivity contribution is -0.120. The topological polar surface area (TPSA) is 29.1 Å². The molecule has 0 aliphatic heterocycles. The lowest BCUT2D eigenvalue weighted by Crippen LogP contribution is -2.34. The molecule has 0 radical (unpaired) electrons. The zero-order valence-corrected chi connectivity index (χ0v) is 10.3. The minimum Gasteiger partial charge on any atom is -0.352 e. The summed E-state index contributed by atoms with van der Waals surface area (Å²) >= 11 is 4.36. The Balaban J connectivity index is 1.83. The molecule has 3 atom stereocenters. The molecule has 1 saturated carbocycles. The summed E-state index contributed by atoms with van der Waals surface area (Å²) in [6, 6.07) is 10.4. The molecular formula is C13H17NOS. The molecule has 1 amide bonds. The van der Waals surface area contributed by atoms with Crippen molar-refractivity contribution in [2.75, 3.05) is 0 Å². The summed E-state index contributed by atoms with van der Waals surface area (Å²) in [5.74, 6) is 0.697. The van der Waals surface area contributed by atoms with Crippen molar-refractivity contribution in [3.8, 4) is 0 Å². The average Bonchev–Trinajstić information content (AvgIpc) is 2.95. The molecule has 1 aliphatic carbocycles. The van der Waals surface area contributed by atoms with Gasteiger partial charge < -0.3 is 5.32 Å². The zero-order chi connectivity index (χ0) is 11.5. The van der Waals surface area contributed by atoms with E-state index < -0.39 is 0 Å². The number of hydrogen-bond donors (Lipinski definition) is 2. The molecule has 3 heteroatoms. The maximum atomic E-state index is 11.8. The Labute approximate surface area is 102 Å². The van der Waals surface area contributed by atoms with Gasteiger partial charge in [-0.25, -0.2) is 0 Å². The normalized spacial score (nSPS) is 24.9. The van der Waals surface area contributed by atoms with Gasteiger partial charge in [-0.05, 0) is 24.3 Å². The van der Waals surface area contributed by atoms with E-state index >= 15 is 0 Å². The number of nitrogens with one attached hydrogen (secondary N) is 1. The first kappa shape index (κ1) is 11.5. The molecule has 86 valence electrons. The van der Waals surface area contributed by atoms with Crippen LogP contribution in [0.5, 0.6) is 0 Å². The van der Waals surface area contributed by atoms with E-state index in [1.165, 1.54) is 0 Å². The van der Waals surface area contributed by atoms with Crippen LogP contribution < -0.4 is 5.32 Å². The highest BCUT2D eigenvalue weighted by molar-refractivity contribution is 7.81. The van der Waals surface area contributed by atoms with Gasteiger partial charge in [0, 0.05) is 6.04 Å². The molecule has 1 N–H and O–H groups in total. The highest BCUT2D eigenvalue weighted by Crippen LogP contribution is 2.29. The molecule has 1 fully saturated rings. The minimum atomic E-state index is -0.241. The van der Waals surface area contributed by atoms with E-state index in [0.717, 1.165) is 12.0 Å². The van der Waals surface area contributed by atoms with Gasteiger partial charge in [-0.3, -0.25) is 4.79 Å². The fraction of sp³-hybridized carbons (Fsp3) is 0.462. The molecule has 1 aliphatic rings. The minimum absolute atomic E-state index is 0.0570. The van der Waals surface area contributed by atoms with E-state index in [9.17, 15) is 4.79 Å². The highest BCUT2D eigenvalue weighted by Gasteiger charge is 2.34. The summed E-state index contributed by atoms with van der Waals surface area (Å²) in [5, 5.41) is 2.77. The smallest absolute Gasteiger partial charge is 0.233 e. The van der Waals surface area contributed by atoms with Crippen molar-refractivity contribution in [3.05, 3.63) is 35.9 Å². The van der Waals surface area contributed by atoms with Crippen molar-refractivity contribution >= 4 is 18.5 Å². The van der Waals surface area contributed by atoms with E-state index in [4.69, 9.17) is 0 Å². The number of thiol groups is 1. The summed E-state index contributed by atoms with van der Waals surface area (Å²) < 4.78 is 0. The lowest BCUT2D eigenvalue weighted by atomic mass is 10.1. The second-order valence-corrected chi connectivity index (χ2v) is 5.16. The fourth-order valence-corrected chi connectivity index (χ4v) is 2.02. The van der Waals surface area contributed by atoms with Crippen LogP contribution in [0.25, 0.3) is 0 Å². The van der Waals surface area contributed by atoms with Gasteiger partial charge in [-0.1, -0.05) is 37.3 Å². The number of carbonyl (C=O) groups excluding carboxylic acids is 1. The molecule has 2 nitrogen and oxygen atoms in total. The SMILES string of the molecule is CC1CC1NC(=O)C(S)Cc1ccccc1. The van der Waals surface area contributed by atoms with E-state index in [-0.39, 0.29) is 11.2 Å². The lowest BCUT2D eigenvalue weighted by Gasteiger charge is -2.11. The number of carbonyl (C=O) groups is 1. The molecule has 1 aromatic rings. The summed E-state index contributed by atoms with van der Waals surface area (Å²) in [6.45, 7) is 2.15. The molecule has 1 aromatic carbocycles. The molecule has 0 spiro atoms. The van der Waals surface area contributed by atoms with Crippen LogP contribution in [-0.2, 0) is 11.2 Å². The van der Waals surface area contributed by atoms with Crippen LogP contribution in [0.3, 0.4) is 0 Å². The summed E-state index contributed by atoms with van der Waals surface area (Å²) in [6.07, 6.45) is 1.80. The predicted molar refractivity (Wildman–Crippen MR) is 68.6 cm³/mol. The maximum Gasteiger partial charge on any atom is 0.233 e. The summed E-state index contributed by atoms with van der Waals surface area (Å²) in [5.41, 5.74) is 1.15. The zero-order valence-electron chi connectivity index (χ0n) is 9.39. The van der Waals surface area contributed by atoms with Gasteiger partial charge >= 0.3 is 0 Å². The van der Waals surface area contributed by atoms with Crippen molar-refractivity contribution < 1.29 is 4.79 Å². The Morgan fingerprint density at radius 1 is 1.50 bits per heavy atom. The summed E-state index contributed by atoms with van der Waals surface area (Å²) in [4.78, 5) is 11.8. The van der Waals surface area contributed by atoms with Crippen LogP contribution in [0.1, 0.15) is 18.9 Å². The first-order valence-electron chi connectivity index (χ1n) is 5.69. The van der Waals surface area contributed by atoms with Crippen molar-refractivity contribution in [2.45, 2.75) is 31.1 Å². The number of hydrogen-bond acceptors (Lipinski definition) is 2. The van der Waals surface area contributed by atoms with E-state index in [0.29, 0.717) is 18.4 Å². The van der Waals surface area contributed by atoms with Crippen molar-refractivity contribution in [1.29, 1.82) is 0 Å². The van der Waals surface area contributed by atoms with E-state index in [1.807, 2.05) is 30.3 Å². The van der Waals surface area contributed by atoms with Crippen molar-refractivity contribution in [2.24, 2.45) is 5.92 Å². The number of amides is 1. The van der Waals surface area contributed by atoms with Gasteiger partial charge in [0.25, 0.3) is 0 Å². The predicted octanol–water partition coefficient (Wildman–Crippen LogP) is 2.05. The van der Waals surface area contributed by atoms with E-state index in [1.54, 1.807) is 0 Å². The monoisotopic (exact) mass is 235 g/mol. The second kappa shape index (κ2) is 4.91. The first-order valence-corrected chi connectivity index (χ1v) is 6.21. The number of rotatable bonds is 4. The number of benzene rings is 1. The largest absolute Gasteiger partial charge is 0.352 e. The van der Waals surface area contributed by atoms with Gasteiger partial charge in [0.2, 0.25) is 5.91 Å². The molecule has 3 unspecified atom stereocenters. The Morgan fingerprint density at radius 3 is 2.69 bits per heavy atom. The molecular weight excluding hydrogens is 218 g/mol. The Kier molecular flexibility index (Phi) is 3.54. The highest BCUT2D eigenvalue weighted by atomic mass is 32.1. The second-order valence-electron chi connectivity index (χ2n) is 4.53. The maximum absolute atomic E-state index is 11.8. The quantitative estimate of drug-likeness (QED) is 0.768. The first-order chi connectivity index (χ1) is 7.66. The third-order valence-corrected chi connectivity index (χ3v) is 3.43. The summed E-state index contributed by atoms with van der Waals surface area (Å²) in [7, 11) is 0. The molecule has 0 saturated heterocycles. The van der Waals surface area contributed by atoms with Crippen LogP contribution in [0.15, 0.2) is 30.3 Å². The molecule has 0 bridgehead atoms. The Hall–Kier alpha value is -0.960. The standard InChI is InChI=1S/C13H17NOS/c1-9-7-11(9)14-13(15)12(16)8-10-5-3-2-4-6-10/h2-6,9,11-12,16H,7-8H2,1H3,(H,14,15). The van der Waals surface area contributed by atoms with E-state index in [2.05, 4.69) is 24.9 Å². The Bertz CT molecular complexity index is 365. The van der Waals surface area contributed by atoms with Crippen molar-refractivity contribution in [1.82, 2.24) is 5.32 Å². The molecule has 0 heterocycles. The molecule has 0 aromatic heterocycles. The molecule has 2 rings (SSSR count). The van der Waals surface area contributed by atoms with Gasteiger partial charge in [0.15, 0.2) is 0 Å².